The van der Waals surface area contributed by atoms with Crippen LogP contribution in [0.5, 0.6) is 0 Å². The number of fused-ring (bicyclic) bond motifs is 4. The van der Waals surface area contributed by atoms with E-state index in [1.54, 1.807) is 16.7 Å². The standard InChI is InChI=1S/C24H34/c1-24(2,3)23-19(21-13-15-7-9-17(21)11-15)5-4-6-20(23)22-14-16-8-10-18(22)12-16/h4-6,15-18,21-22H,7-14H2,1-3H3. The molecule has 4 aliphatic carbocycles. The third kappa shape index (κ3) is 2.31. The molecule has 1 aromatic carbocycles. The van der Waals surface area contributed by atoms with Crippen molar-refractivity contribution in [2.75, 3.05) is 0 Å². The highest BCUT2D eigenvalue weighted by atomic mass is 14.5. The van der Waals surface area contributed by atoms with E-state index >= 15 is 0 Å². The average molecular weight is 323 g/mol. The molecule has 0 saturated heterocycles. The summed E-state index contributed by atoms with van der Waals surface area (Å²) in [6, 6.07) is 7.45. The Labute approximate surface area is 148 Å². The van der Waals surface area contributed by atoms with Crippen molar-refractivity contribution in [3.63, 3.8) is 0 Å². The molecule has 0 heterocycles. The minimum absolute atomic E-state index is 0.287. The average Bonchev–Trinajstić information content (AvgIpc) is 3.33. The number of hydrogen-bond acceptors (Lipinski definition) is 0. The van der Waals surface area contributed by atoms with Crippen molar-refractivity contribution in [3.05, 3.63) is 34.9 Å². The molecule has 0 heteroatoms. The molecule has 4 saturated carbocycles. The summed E-state index contributed by atoms with van der Waals surface area (Å²) in [5.41, 5.74) is 5.57. The Bertz CT molecular complexity index is 588. The summed E-state index contributed by atoms with van der Waals surface area (Å²) in [6.45, 7) is 7.40. The summed E-state index contributed by atoms with van der Waals surface area (Å²) in [5.74, 6) is 5.81. The molecule has 0 spiro atoms. The smallest absolute Gasteiger partial charge is 0.0126 e. The molecule has 4 bridgehead atoms. The van der Waals surface area contributed by atoms with Gasteiger partial charge in [0.15, 0.2) is 0 Å². The Morgan fingerprint density at radius 3 is 1.54 bits per heavy atom. The highest BCUT2D eigenvalue weighted by molar-refractivity contribution is 5.45. The van der Waals surface area contributed by atoms with Crippen LogP contribution in [0.4, 0.5) is 0 Å². The van der Waals surface area contributed by atoms with E-state index in [2.05, 4.69) is 39.0 Å². The Hall–Kier alpha value is -0.780. The van der Waals surface area contributed by atoms with Crippen molar-refractivity contribution >= 4 is 0 Å². The topological polar surface area (TPSA) is 0 Å². The van der Waals surface area contributed by atoms with E-state index in [1.807, 2.05) is 0 Å². The van der Waals surface area contributed by atoms with Crippen LogP contribution < -0.4 is 0 Å². The molecule has 0 N–H and O–H groups in total. The third-order valence-electron chi connectivity index (χ3n) is 8.15. The first-order chi connectivity index (χ1) is 11.5. The van der Waals surface area contributed by atoms with Gasteiger partial charge in [0, 0.05) is 0 Å². The monoisotopic (exact) mass is 322 g/mol. The van der Waals surface area contributed by atoms with E-state index in [9.17, 15) is 0 Å². The zero-order valence-electron chi connectivity index (χ0n) is 15.9. The van der Waals surface area contributed by atoms with Crippen LogP contribution in [0.2, 0.25) is 0 Å². The van der Waals surface area contributed by atoms with Gasteiger partial charge in [0.2, 0.25) is 0 Å². The lowest BCUT2D eigenvalue weighted by atomic mass is 9.69. The normalized spacial score (nSPS) is 40.6. The highest BCUT2D eigenvalue weighted by Crippen LogP contribution is 2.57. The van der Waals surface area contributed by atoms with Gasteiger partial charge in [0.1, 0.15) is 0 Å². The second-order valence-corrected chi connectivity index (χ2v) is 10.6. The second-order valence-electron chi connectivity index (χ2n) is 10.6. The summed E-state index contributed by atoms with van der Waals surface area (Å²) in [6.07, 6.45) is 12.0. The van der Waals surface area contributed by atoms with E-state index in [4.69, 9.17) is 0 Å². The minimum atomic E-state index is 0.287. The van der Waals surface area contributed by atoms with Gasteiger partial charge in [0.05, 0.1) is 0 Å². The van der Waals surface area contributed by atoms with Crippen molar-refractivity contribution < 1.29 is 0 Å². The zero-order chi connectivity index (χ0) is 16.5. The summed E-state index contributed by atoms with van der Waals surface area (Å²) in [4.78, 5) is 0. The fraction of sp³-hybridized carbons (Fsp3) is 0.750. The summed E-state index contributed by atoms with van der Waals surface area (Å²) in [7, 11) is 0. The molecule has 0 radical (unpaired) electrons. The number of rotatable bonds is 2. The molecule has 0 amide bonds. The Balaban J connectivity index is 1.59. The molecule has 1 aromatic rings. The van der Waals surface area contributed by atoms with Crippen LogP contribution in [0.25, 0.3) is 0 Å². The van der Waals surface area contributed by atoms with Crippen LogP contribution in [0.3, 0.4) is 0 Å². The molecule has 6 atom stereocenters. The van der Waals surface area contributed by atoms with Crippen molar-refractivity contribution in [1.82, 2.24) is 0 Å². The van der Waals surface area contributed by atoms with E-state index in [1.165, 1.54) is 51.4 Å². The van der Waals surface area contributed by atoms with Crippen molar-refractivity contribution in [3.8, 4) is 0 Å². The lowest BCUT2D eigenvalue weighted by molar-refractivity contribution is 0.398. The second kappa shape index (κ2) is 5.36. The van der Waals surface area contributed by atoms with Crippen molar-refractivity contribution in [2.45, 2.75) is 89.4 Å². The predicted octanol–water partition coefficient (Wildman–Crippen LogP) is 6.79. The van der Waals surface area contributed by atoms with Crippen molar-refractivity contribution in [1.29, 1.82) is 0 Å². The molecule has 24 heavy (non-hydrogen) atoms. The number of hydrogen-bond donors (Lipinski definition) is 0. The molecule has 6 unspecified atom stereocenters. The summed E-state index contributed by atoms with van der Waals surface area (Å²) < 4.78 is 0. The zero-order valence-corrected chi connectivity index (χ0v) is 15.9. The van der Waals surface area contributed by atoms with Crippen LogP contribution in [0.15, 0.2) is 18.2 Å². The molecule has 0 nitrogen and oxygen atoms in total. The lowest BCUT2D eigenvalue weighted by Crippen LogP contribution is -2.23. The van der Waals surface area contributed by atoms with Gasteiger partial charge in [-0.1, -0.05) is 51.8 Å². The first kappa shape index (κ1) is 15.5. The van der Waals surface area contributed by atoms with Gasteiger partial charge in [-0.2, -0.15) is 0 Å². The van der Waals surface area contributed by atoms with Gasteiger partial charge in [0.25, 0.3) is 0 Å². The van der Waals surface area contributed by atoms with Crippen LogP contribution in [-0.2, 0) is 5.41 Å². The maximum atomic E-state index is 2.52. The van der Waals surface area contributed by atoms with E-state index in [0.717, 1.165) is 35.5 Å². The Kier molecular flexibility index (Phi) is 3.45. The summed E-state index contributed by atoms with van der Waals surface area (Å²) in [5, 5.41) is 0. The van der Waals surface area contributed by atoms with Gasteiger partial charge in [-0.15, -0.1) is 0 Å². The summed E-state index contributed by atoms with van der Waals surface area (Å²) >= 11 is 0. The van der Waals surface area contributed by atoms with Gasteiger partial charge in [-0.05, 0) is 96.1 Å². The van der Waals surface area contributed by atoms with E-state index in [0.29, 0.717) is 0 Å². The van der Waals surface area contributed by atoms with Crippen LogP contribution in [0.1, 0.15) is 101 Å². The quantitative estimate of drug-likeness (QED) is 0.562. The third-order valence-corrected chi connectivity index (χ3v) is 8.15. The van der Waals surface area contributed by atoms with E-state index in [-0.39, 0.29) is 5.41 Å². The first-order valence-electron chi connectivity index (χ1n) is 10.6. The molecule has 0 aromatic heterocycles. The van der Waals surface area contributed by atoms with Crippen LogP contribution in [-0.4, -0.2) is 0 Å². The lowest BCUT2D eigenvalue weighted by Gasteiger charge is -2.35. The van der Waals surface area contributed by atoms with Crippen LogP contribution in [0, 0.1) is 23.7 Å². The first-order valence-corrected chi connectivity index (χ1v) is 10.6. The highest BCUT2D eigenvalue weighted by Gasteiger charge is 2.45. The predicted molar refractivity (Wildman–Crippen MR) is 102 cm³/mol. The van der Waals surface area contributed by atoms with Gasteiger partial charge >= 0.3 is 0 Å². The van der Waals surface area contributed by atoms with Crippen LogP contribution >= 0.6 is 0 Å². The Morgan fingerprint density at radius 1 is 0.708 bits per heavy atom. The molecule has 4 fully saturated rings. The van der Waals surface area contributed by atoms with Gasteiger partial charge in [-0.25, -0.2) is 0 Å². The molecule has 0 aliphatic heterocycles. The molecular formula is C24H34. The van der Waals surface area contributed by atoms with Gasteiger partial charge < -0.3 is 0 Å². The van der Waals surface area contributed by atoms with E-state index < -0.39 is 0 Å². The fourth-order valence-corrected chi connectivity index (χ4v) is 7.32. The van der Waals surface area contributed by atoms with Crippen molar-refractivity contribution in [2.24, 2.45) is 23.7 Å². The number of benzene rings is 1. The molecule has 4 aliphatic rings. The largest absolute Gasteiger partial charge is 0.0617 e. The molecule has 130 valence electrons. The fourth-order valence-electron chi connectivity index (χ4n) is 7.32. The maximum Gasteiger partial charge on any atom is -0.0126 e. The Morgan fingerprint density at radius 2 is 1.21 bits per heavy atom. The minimum Gasteiger partial charge on any atom is -0.0617 e. The SMILES string of the molecule is CC(C)(C)c1c(C2CC3CCC2C3)cccc1C1CC2CCC1C2. The molecular weight excluding hydrogens is 288 g/mol. The maximum absolute atomic E-state index is 2.52. The molecule has 5 rings (SSSR count). The van der Waals surface area contributed by atoms with Gasteiger partial charge in [-0.3, -0.25) is 0 Å².